The number of rotatable bonds is 5. The van der Waals surface area contributed by atoms with Crippen LogP contribution in [0.1, 0.15) is 22.4 Å². The van der Waals surface area contributed by atoms with E-state index in [0.717, 1.165) is 5.56 Å². The van der Waals surface area contributed by atoms with Crippen molar-refractivity contribution in [2.45, 2.75) is 6.54 Å². The van der Waals surface area contributed by atoms with Gasteiger partial charge >= 0.3 is 0 Å². The lowest BCUT2D eigenvalue weighted by Crippen LogP contribution is -2.48. The first kappa shape index (κ1) is 24.0. The van der Waals surface area contributed by atoms with Gasteiger partial charge in [0.25, 0.3) is 0 Å². The molecule has 0 saturated heterocycles. The first-order chi connectivity index (χ1) is 19.9. The maximum Gasteiger partial charge on any atom is 0.243 e. The Morgan fingerprint density at radius 2 is 1.07 bits per heavy atom. The smallest absolute Gasteiger partial charge is 0.243 e. The van der Waals surface area contributed by atoms with E-state index in [9.17, 15) is 20.4 Å². The van der Waals surface area contributed by atoms with E-state index in [1.165, 1.54) is 41.3 Å². The van der Waals surface area contributed by atoms with Gasteiger partial charge in [-0.1, -0.05) is 30.3 Å². The summed E-state index contributed by atoms with van der Waals surface area (Å²) < 4.78 is 2.01. The van der Waals surface area contributed by atoms with E-state index in [4.69, 9.17) is 9.98 Å². The maximum atomic E-state index is 10.5. The lowest BCUT2D eigenvalue weighted by atomic mass is 10.1. The molecule has 3 aliphatic heterocycles. The van der Waals surface area contributed by atoms with Crippen LogP contribution < -0.4 is 0 Å². The Balaban J connectivity index is 1.39. The Hall–Kier alpha value is -6.04. The number of benzene rings is 3. The Kier molecular flexibility index (Phi) is 5.46. The molecule has 1 aromatic heterocycles. The summed E-state index contributed by atoms with van der Waals surface area (Å²) in [5, 5.41) is 40.6. The number of aromatic nitrogens is 1. The topological polar surface area (TPSA) is 163 Å². The number of hydrogen-bond acceptors (Lipinski definition) is 11. The van der Waals surface area contributed by atoms with Crippen molar-refractivity contribution in [3.63, 3.8) is 0 Å². The average molecular weight is 545 g/mol. The standard InChI is InChI=1S/C29H20N8O4/c38-17-8-10-19(22(40)13-17)24-30-27-31-25(20-11-9-18(39)14-23(20)41)33-29-35-26(34-28(32-24)37(27)29)21-7-4-12-36(21)15-16-5-2-1-3-6-16/h1-14,38-41H,15H2. The van der Waals surface area contributed by atoms with E-state index in [0.29, 0.717) is 18.1 Å². The van der Waals surface area contributed by atoms with Crippen LogP contribution in [-0.4, -0.2) is 65.3 Å². The highest BCUT2D eigenvalue weighted by Gasteiger charge is 2.36. The Morgan fingerprint density at radius 3 is 1.63 bits per heavy atom. The molecule has 12 nitrogen and oxygen atoms in total. The van der Waals surface area contributed by atoms with Crippen molar-refractivity contribution in [3.05, 3.63) is 107 Å². The molecule has 0 saturated carbocycles. The number of amidine groups is 3. The molecule has 41 heavy (non-hydrogen) atoms. The number of guanidine groups is 3. The molecule has 0 unspecified atom stereocenters. The predicted octanol–water partition coefficient (Wildman–Crippen LogP) is 3.41. The summed E-state index contributed by atoms with van der Waals surface area (Å²) in [5.74, 6) is 0.314. The molecule has 0 spiro atoms. The summed E-state index contributed by atoms with van der Waals surface area (Å²) in [6.07, 6.45) is 1.93. The third-order valence-electron chi connectivity index (χ3n) is 6.53. The minimum Gasteiger partial charge on any atom is -0.508 e. The third kappa shape index (κ3) is 4.29. The molecule has 0 atom stereocenters. The van der Waals surface area contributed by atoms with Crippen LogP contribution in [0.2, 0.25) is 0 Å². The van der Waals surface area contributed by atoms with Gasteiger partial charge in [0, 0.05) is 24.9 Å². The minimum absolute atomic E-state index is 0.104. The normalized spacial score (nSPS) is 15.7. The highest BCUT2D eigenvalue weighted by Crippen LogP contribution is 2.30. The molecule has 12 heteroatoms. The molecule has 4 aromatic rings. The zero-order valence-corrected chi connectivity index (χ0v) is 21.2. The van der Waals surface area contributed by atoms with Gasteiger partial charge in [-0.15, -0.1) is 0 Å². The predicted molar refractivity (Wildman–Crippen MR) is 153 cm³/mol. The molecule has 0 aliphatic carbocycles. The fraction of sp³-hybridized carbons (Fsp3) is 0.0345. The zero-order valence-electron chi connectivity index (χ0n) is 21.2. The number of phenolic OH excluding ortho intramolecular Hbond substituents is 4. The lowest BCUT2D eigenvalue weighted by molar-refractivity contribution is 0.449. The van der Waals surface area contributed by atoms with Crippen molar-refractivity contribution in [1.29, 1.82) is 0 Å². The Bertz CT molecular complexity index is 1870. The first-order valence-electron chi connectivity index (χ1n) is 12.5. The van der Waals surface area contributed by atoms with Crippen LogP contribution in [0, 0.1) is 0 Å². The summed E-state index contributed by atoms with van der Waals surface area (Å²) in [6, 6.07) is 21.9. The van der Waals surface area contributed by atoms with Gasteiger partial charge in [0.1, 0.15) is 23.0 Å². The van der Waals surface area contributed by atoms with Gasteiger partial charge in [-0.05, 0) is 42.0 Å². The van der Waals surface area contributed by atoms with Crippen molar-refractivity contribution < 1.29 is 20.4 Å². The highest BCUT2D eigenvalue weighted by molar-refractivity contribution is 6.34. The van der Waals surface area contributed by atoms with Crippen molar-refractivity contribution in [2.24, 2.45) is 30.0 Å². The van der Waals surface area contributed by atoms with E-state index in [-0.39, 0.29) is 63.7 Å². The molecule has 0 fully saturated rings. The van der Waals surface area contributed by atoms with Gasteiger partial charge in [0.05, 0.1) is 16.8 Å². The van der Waals surface area contributed by atoms with Gasteiger partial charge in [-0.3, -0.25) is 0 Å². The number of aromatic hydroxyl groups is 4. The Morgan fingerprint density at radius 1 is 0.537 bits per heavy atom. The average Bonchev–Trinajstić information content (AvgIpc) is 3.41. The van der Waals surface area contributed by atoms with Crippen LogP contribution >= 0.6 is 0 Å². The second-order valence-electron chi connectivity index (χ2n) is 9.29. The van der Waals surface area contributed by atoms with Crippen molar-refractivity contribution in [2.75, 3.05) is 0 Å². The van der Waals surface area contributed by atoms with Crippen LogP contribution in [0.5, 0.6) is 23.0 Å². The molecule has 200 valence electrons. The van der Waals surface area contributed by atoms with Crippen LogP contribution in [0.15, 0.2) is 115 Å². The fourth-order valence-corrected chi connectivity index (χ4v) is 4.60. The fourth-order valence-electron chi connectivity index (χ4n) is 4.60. The third-order valence-corrected chi connectivity index (χ3v) is 6.53. The van der Waals surface area contributed by atoms with Crippen molar-refractivity contribution >= 4 is 35.4 Å². The summed E-state index contributed by atoms with van der Waals surface area (Å²) in [5.41, 5.74) is 2.32. The molecule has 3 aliphatic rings. The number of hydrogen-bond donors (Lipinski definition) is 4. The SMILES string of the molecule is Oc1ccc(C2=NC3=NC(c4ccc(O)cc4O)=NC4=NC(c5cccn5Cc5ccccc5)=NC(=N2)N34)c(O)c1. The highest BCUT2D eigenvalue weighted by atomic mass is 16.3. The van der Waals surface area contributed by atoms with Crippen LogP contribution in [0.25, 0.3) is 0 Å². The van der Waals surface area contributed by atoms with Crippen LogP contribution in [-0.2, 0) is 6.54 Å². The molecule has 7 rings (SSSR count). The van der Waals surface area contributed by atoms with E-state index in [2.05, 4.69) is 20.0 Å². The molecule has 4 heterocycles. The number of phenols is 4. The van der Waals surface area contributed by atoms with E-state index >= 15 is 0 Å². The molecule has 0 amide bonds. The maximum absolute atomic E-state index is 10.5. The van der Waals surface area contributed by atoms with Crippen LogP contribution in [0.4, 0.5) is 0 Å². The first-order valence-corrected chi connectivity index (χ1v) is 12.5. The molecule has 0 radical (unpaired) electrons. The van der Waals surface area contributed by atoms with Gasteiger partial charge < -0.3 is 25.0 Å². The monoisotopic (exact) mass is 544 g/mol. The van der Waals surface area contributed by atoms with Gasteiger partial charge in [-0.25, -0.2) is 4.90 Å². The molecule has 4 N–H and O–H groups in total. The number of nitrogens with zero attached hydrogens (tertiary/aromatic N) is 8. The number of aliphatic imine (C=N–C) groups is 6. The molecular formula is C29H20N8O4. The minimum atomic E-state index is -0.228. The summed E-state index contributed by atoms with van der Waals surface area (Å²) in [7, 11) is 0. The van der Waals surface area contributed by atoms with E-state index in [1.54, 1.807) is 0 Å². The summed E-state index contributed by atoms with van der Waals surface area (Å²) >= 11 is 0. The Labute approximate surface area is 232 Å². The van der Waals surface area contributed by atoms with E-state index in [1.807, 2.05) is 53.2 Å². The summed E-state index contributed by atoms with van der Waals surface area (Å²) in [4.78, 5) is 29.1. The van der Waals surface area contributed by atoms with E-state index < -0.39 is 0 Å². The van der Waals surface area contributed by atoms with Gasteiger partial charge in [-0.2, -0.15) is 30.0 Å². The van der Waals surface area contributed by atoms with Gasteiger partial charge in [0.15, 0.2) is 17.5 Å². The second-order valence-corrected chi connectivity index (χ2v) is 9.29. The van der Waals surface area contributed by atoms with Gasteiger partial charge in [0.2, 0.25) is 17.9 Å². The second kappa shape index (κ2) is 9.31. The molecule has 0 bridgehead atoms. The van der Waals surface area contributed by atoms with Crippen LogP contribution in [0.3, 0.4) is 0 Å². The van der Waals surface area contributed by atoms with Crippen molar-refractivity contribution in [3.8, 4) is 23.0 Å². The molecule has 3 aromatic carbocycles. The quantitative estimate of drug-likeness (QED) is 0.302. The largest absolute Gasteiger partial charge is 0.508 e. The molecular weight excluding hydrogens is 524 g/mol. The summed E-state index contributed by atoms with van der Waals surface area (Å²) in [6.45, 7) is 0.583. The van der Waals surface area contributed by atoms with Crippen molar-refractivity contribution in [1.82, 2.24) is 9.47 Å². The zero-order chi connectivity index (χ0) is 28.1. The lowest BCUT2D eigenvalue weighted by Gasteiger charge is -2.30.